The van der Waals surface area contributed by atoms with E-state index in [9.17, 15) is 23.6 Å². The summed E-state index contributed by atoms with van der Waals surface area (Å²) >= 11 is 0. The largest absolute Gasteiger partial charge is 0.485 e. The van der Waals surface area contributed by atoms with Crippen LogP contribution in [-0.4, -0.2) is 67.9 Å². The number of ether oxygens (including phenoxy) is 3. The van der Waals surface area contributed by atoms with Gasteiger partial charge in [-0.05, 0) is 56.5 Å². The Balaban J connectivity index is 1.35. The number of ketones is 1. The molecular weight excluding hydrogens is 495 g/mol. The molecule has 2 heterocycles. The molecule has 0 radical (unpaired) electrons. The van der Waals surface area contributed by atoms with E-state index < -0.39 is 5.82 Å². The van der Waals surface area contributed by atoms with E-state index in [-0.39, 0.29) is 61.4 Å². The van der Waals surface area contributed by atoms with Crippen LogP contribution in [-0.2, 0) is 19.1 Å². The number of fused-ring (bicyclic) bond motifs is 1. The van der Waals surface area contributed by atoms with Crippen molar-refractivity contribution >= 4 is 29.3 Å². The third-order valence-electron chi connectivity index (χ3n) is 6.56. The normalized spacial score (nSPS) is 16.9. The van der Waals surface area contributed by atoms with Crippen molar-refractivity contribution in [3.63, 3.8) is 0 Å². The summed E-state index contributed by atoms with van der Waals surface area (Å²) in [6.07, 6.45) is 2.07. The number of esters is 1. The number of carbonyl (C=O) groups is 4. The minimum atomic E-state index is -0.465. The predicted octanol–water partition coefficient (Wildman–Crippen LogP) is 3.39. The highest BCUT2D eigenvalue weighted by atomic mass is 19.1. The monoisotopic (exact) mass is 526 g/mol. The van der Waals surface area contributed by atoms with Crippen LogP contribution in [0.5, 0.6) is 11.5 Å². The molecule has 0 aliphatic carbocycles. The molecule has 1 unspecified atom stereocenters. The number of nitrogens with zero attached hydrogens (tertiary/aromatic N) is 2. The molecule has 2 aliphatic heterocycles. The van der Waals surface area contributed by atoms with Crippen molar-refractivity contribution in [3.05, 3.63) is 53.8 Å². The number of likely N-dealkylation sites (tertiary alicyclic amines) is 1. The van der Waals surface area contributed by atoms with Crippen LogP contribution in [0.4, 0.5) is 10.1 Å². The zero-order chi connectivity index (χ0) is 27.1. The fourth-order valence-electron chi connectivity index (χ4n) is 4.61. The second-order valence-electron chi connectivity index (χ2n) is 9.22. The van der Waals surface area contributed by atoms with E-state index >= 15 is 0 Å². The quantitative estimate of drug-likeness (QED) is 0.345. The summed E-state index contributed by atoms with van der Waals surface area (Å²) in [6.45, 7) is 2.85. The highest BCUT2D eigenvalue weighted by Crippen LogP contribution is 2.33. The molecule has 0 spiro atoms. The molecule has 1 atom stereocenters. The number of benzene rings is 2. The summed E-state index contributed by atoms with van der Waals surface area (Å²) in [4.78, 5) is 53.5. The van der Waals surface area contributed by atoms with Gasteiger partial charge in [-0.15, -0.1) is 0 Å². The Morgan fingerprint density at radius 3 is 2.79 bits per heavy atom. The summed E-state index contributed by atoms with van der Waals surface area (Å²) in [6, 6.07) is 10.3. The highest BCUT2D eigenvalue weighted by Gasteiger charge is 2.30. The molecule has 0 saturated carbocycles. The van der Waals surface area contributed by atoms with E-state index in [0.717, 1.165) is 6.42 Å². The molecule has 4 rings (SSSR count). The standard InChI is InChI=1S/C28H31FN2O7/c1-2-36-28(35)20-6-4-12-30(16-20)26(33)9-5-13-31-23-14-19(10-11-25(23)38-18-27(31)34)24(32)17-37-22-8-3-7-21(29)15-22/h3,7-8,10-11,14-15,20H,2,4-6,9,12-13,16-18H2,1H3. The number of Topliss-reactive ketones (excluding diaryl/α,β-unsaturated/α-hetero) is 1. The number of amides is 2. The fraction of sp³-hybridized carbons (Fsp3) is 0.429. The maximum Gasteiger partial charge on any atom is 0.310 e. The molecule has 0 bridgehead atoms. The van der Waals surface area contributed by atoms with Gasteiger partial charge in [0.1, 0.15) is 17.3 Å². The first-order valence-corrected chi connectivity index (χ1v) is 12.8. The van der Waals surface area contributed by atoms with Gasteiger partial charge in [0, 0.05) is 37.7 Å². The Morgan fingerprint density at radius 2 is 2.00 bits per heavy atom. The lowest BCUT2D eigenvalue weighted by atomic mass is 9.98. The number of rotatable bonds is 10. The number of hydrogen-bond donors (Lipinski definition) is 0. The lowest BCUT2D eigenvalue weighted by molar-refractivity contribution is -0.151. The molecule has 2 amide bonds. The van der Waals surface area contributed by atoms with Gasteiger partial charge in [-0.1, -0.05) is 6.07 Å². The van der Waals surface area contributed by atoms with E-state index in [0.29, 0.717) is 49.5 Å². The van der Waals surface area contributed by atoms with Crippen LogP contribution >= 0.6 is 0 Å². The lowest BCUT2D eigenvalue weighted by Crippen LogP contribution is -2.43. The Kier molecular flexibility index (Phi) is 8.93. The van der Waals surface area contributed by atoms with Gasteiger partial charge in [-0.25, -0.2) is 4.39 Å². The molecule has 1 fully saturated rings. The van der Waals surface area contributed by atoms with Crippen LogP contribution < -0.4 is 14.4 Å². The van der Waals surface area contributed by atoms with E-state index in [1.807, 2.05) is 0 Å². The number of halogens is 1. The van der Waals surface area contributed by atoms with Gasteiger partial charge in [0.15, 0.2) is 19.0 Å². The first-order valence-electron chi connectivity index (χ1n) is 12.8. The molecule has 10 heteroatoms. The van der Waals surface area contributed by atoms with Gasteiger partial charge >= 0.3 is 5.97 Å². The molecule has 2 aliphatic rings. The van der Waals surface area contributed by atoms with Crippen molar-refractivity contribution in [1.29, 1.82) is 0 Å². The number of carbonyl (C=O) groups excluding carboxylic acids is 4. The second-order valence-corrected chi connectivity index (χ2v) is 9.22. The second kappa shape index (κ2) is 12.5. The lowest BCUT2D eigenvalue weighted by Gasteiger charge is -2.32. The average Bonchev–Trinajstić information content (AvgIpc) is 2.92. The number of piperidine rings is 1. The summed E-state index contributed by atoms with van der Waals surface area (Å²) in [5, 5.41) is 0. The molecule has 0 N–H and O–H groups in total. The summed E-state index contributed by atoms with van der Waals surface area (Å²) in [5.74, 6) is -1.02. The van der Waals surface area contributed by atoms with E-state index in [2.05, 4.69) is 0 Å². The fourth-order valence-corrected chi connectivity index (χ4v) is 4.61. The maximum atomic E-state index is 13.4. The Labute approximate surface area is 220 Å². The van der Waals surface area contributed by atoms with Crippen molar-refractivity contribution in [1.82, 2.24) is 4.90 Å². The first-order chi connectivity index (χ1) is 18.4. The van der Waals surface area contributed by atoms with Gasteiger partial charge < -0.3 is 24.0 Å². The third kappa shape index (κ3) is 6.67. The van der Waals surface area contributed by atoms with E-state index in [1.54, 1.807) is 36.1 Å². The average molecular weight is 527 g/mol. The first kappa shape index (κ1) is 27.1. The minimum Gasteiger partial charge on any atom is -0.485 e. The Morgan fingerprint density at radius 1 is 1.16 bits per heavy atom. The van der Waals surface area contributed by atoms with Crippen LogP contribution in [0.2, 0.25) is 0 Å². The zero-order valence-corrected chi connectivity index (χ0v) is 21.3. The van der Waals surface area contributed by atoms with Gasteiger partial charge in [0.2, 0.25) is 5.91 Å². The molecule has 38 heavy (non-hydrogen) atoms. The van der Waals surface area contributed by atoms with Crippen LogP contribution in [0, 0.1) is 11.7 Å². The molecule has 202 valence electrons. The van der Waals surface area contributed by atoms with Crippen LogP contribution in [0.3, 0.4) is 0 Å². The van der Waals surface area contributed by atoms with Crippen molar-refractivity contribution in [2.24, 2.45) is 5.92 Å². The smallest absolute Gasteiger partial charge is 0.310 e. The molecule has 1 saturated heterocycles. The Hall–Kier alpha value is -3.95. The predicted molar refractivity (Wildman–Crippen MR) is 136 cm³/mol. The summed E-state index contributed by atoms with van der Waals surface area (Å²) in [5.41, 5.74) is 0.767. The number of hydrogen-bond acceptors (Lipinski definition) is 7. The van der Waals surface area contributed by atoms with Gasteiger partial charge in [-0.3, -0.25) is 19.2 Å². The molecular formula is C28H31FN2O7. The third-order valence-corrected chi connectivity index (χ3v) is 6.56. The van der Waals surface area contributed by atoms with E-state index in [1.165, 1.54) is 23.1 Å². The van der Waals surface area contributed by atoms with Gasteiger partial charge in [0.05, 0.1) is 18.2 Å². The summed E-state index contributed by atoms with van der Waals surface area (Å²) < 4.78 is 29.4. The van der Waals surface area contributed by atoms with Gasteiger partial charge in [-0.2, -0.15) is 0 Å². The molecule has 0 aromatic heterocycles. The molecule has 2 aromatic carbocycles. The van der Waals surface area contributed by atoms with E-state index in [4.69, 9.17) is 14.2 Å². The van der Waals surface area contributed by atoms with Crippen molar-refractivity contribution in [2.45, 2.75) is 32.6 Å². The molecule has 2 aromatic rings. The summed E-state index contributed by atoms with van der Waals surface area (Å²) in [7, 11) is 0. The molecule has 9 nitrogen and oxygen atoms in total. The highest BCUT2D eigenvalue weighted by molar-refractivity contribution is 6.02. The van der Waals surface area contributed by atoms with Crippen LogP contribution in [0.1, 0.15) is 43.0 Å². The topological polar surface area (TPSA) is 102 Å². The van der Waals surface area contributed by atoms with Crippen LogP contribution in [0.15, 0.2) is 42.5 Å². The maximum absolute atomic E-state index is 13.4. The van der Waals surface area contributed by atoms with Crippen molar-refractivity contribution < 1.29 is 37.8 Å². The zero-order valence-electron chi connectivity index (χ0n) is 21.3. The number of anilines is 1. The Bertz CT molecular complexity index is 1200. The van der Waals surface area contributed by atoms with Crippen molar-refractivity contribution in [2.75, 3.05) is 44.4 Å². The van der Waals surface area contributed by atoms with Gasteiger partial charge in [0.25, 0.3) is 5.91 Å². The SMILES string of the molecule is CCOC(=O)C1CCCN(C(=O)CCCN2C(=O)COc3ccc(C(=O)COc4cccc(F)c4)cc32)C1. The van der Waals surface area contributed by atoms with Crippen LogP contribution in [0.25, 0.3) is 0 Å². The minimum absolute atomic E-state index is 0.0710. The van der Waals surface area contributed by atoms with Crippen molar-refractivity contribution in [3.8, 4) is 11.5 Å².